The van der Waals surface area contributed by atoms with E-state index in [2.05, 4.69) is 43.3 Å². The molecule has 0 fully saturated rings. The van der Waals surface area contributed by atoms with Crippen molar-refractivity contribution in [3.8, 4) is 0 Å². The van der Waals surface area contributed by atoms with Crippen LogP contribution in [-0.4, -0.2) is 22.3 Å². The van der Waals surface area contributed by atoms with Crippen molar-refractivity contribution in [1.29, 1.82) is 0 Å². The molecule has 0 amide bonds. The summed E-state index contributed by atoms with van der Waals surface area (Å²) in [7, 11) is 0. The van der Waals surface area contributed by atoms with Crippen molar-refractivity contribution in [3.05, 3.63) is 59.3 Å². The number of hydrogen-bond donors (Lipinski definition) is 1. The van der Waals surface area contributed by atoms with Crippen LogP contribution in [0, 0.1) is 0 Å². The minimum atomic E-state index is 0.881. The maximum atomic E-state index is 4.38. The lowest BCUT2D eigenvalue weighted by Gasteiger charge is -2.08. The van der Waals surface area contributed by atoms with Gasteiger partial charge in [-0.1, -0.05) is 30.3 Å². The van der Waals surface area contributed by atoms with E-state index in [0.717, 1.165) is 38.4 Å². The zero-order chi connectivity index (χ0) is 14.5. The van der Waals surface area contributed by atoms with Crippen LogP contribution in [0.4, 0.5) is 5.69 Å². The van der Waals surface area contributed by atoms with Crippen LogP contribution in [0.3, 0.4) is 0 Å². The molecule has 0 aliphatic carbocycles. The number of hydrogen-bond acceptors (Lipinski definition) is 4. The van der Waals surface area contributed by atoms with Crippen molar-refractivity contribution >= 4 is 44.3 Å². The highest BCUT2D eigenvalue weighted by molar-refractivity contribution is 9.10. The second-order valence-corrected chi connectivity index (χ2v) is 6.39. The van der Waals surface area contributed by atoms with Gasteiger partial charge in [0.1, 0.15) is 11.4 Å². The van der Waals surface area contributed by atoms with E-state index in [4.69, 9.17) is 0 Å². The smallest absolute Gasteiger partial charge is 0.117 e. The van der Waals surface area contributed by atoms with Crippen LogP contribution >= 0.6 is 27.7 Å². The molecule has 1 N–H and O–H groups in total. The Morgan fingerprint density at radius 2 is 1.81 bits per heavy atom. The Hall–Kier alpha value is -1.59. The monoisotopic (exact) mass is 359 g/mol. The summed E-state index contributed by atoms with van der Waals surface area (Å²) in [5, 5.41) is 5.57. The van der Waals surface area contributed by atoms with Gasteiger partial charge in [0.15, 0.2) is 0 Å². The van der Waals surface area contributed by atoms with Gasteiger partial charge in [-0.25, -0.2) is 9.97 Å². The molecule has 21 heavy (non-hydrogen) atoms. The molecular weight excluding hydrogens is 346 g/mol. The van der Waals surface area contributed by atoms with Crippen LogP contribution in [0.2, 0.25) is 0 Å². The maximum absolute atomic E-state index is 4.38. The first-order chi connectivity index (χ1) is 10.3. The van der Waals surface area contributed by atoms with E-state index >= 15 is 0 Å². The summed E-state index contributed by atoms with van der Waals surface area (Å²) in [4.78, 5) is 8.67. The van der Waals surface area contributed by atoms with Gasteiger partial charge < -0.3 is 5.32 Å². The Balaban J connectivity index is 1.61. The Kier molecular flexibility index (Phi) is 4.72. The van der Waals surface area contributed by atoms with Gasteiger partial charge in [-0.05, 0) is 34.1 Å². The third-order valence-corrected chi connectivity index (χ3v) is 4.73. The van der Waals surface area contributed by atoms with E-state index in [1.807, 2.05) is 36.4 Å². The predicted octanol–water partition coefficient (Wildman–Crippen LogP) is 4.60. The van der Waals surface area contributed by atoms with Crippen LogP contribution in [-0.2, 0) is 0 Å². The molecular formula is C16H14BrN3S. The molecule has 0 spiro atoms. The number of para-hydroxylation sites is 2. The van der Waals surface area contributed by atoms with Crippen LogP contribution in [0.25, 0.3) is 10.9 Å². The fourth-order valence-corrected chi connectivity index (χ4v) is 3.31. The molecule has 0 unspecified atom stereocenters. The molecule has 5 heteroatoms. The molecule has 0 radical (unpaired) electrons. The number of aromatic nitrogens is 2. The molecule has 0 aliphatic rings. The molecule has 3 nitrogen and oxygen atoms in total. The van der Waals surface area contributed by atoms with Crippen LogP contribution in [0.5, 0.6) is 0 Å². The normalized spacial score (nSPS) is 10.7. The fraction of sp³-hybridized carbons (Fsp3) is 0.125. The van der Waals surface area contributed by atoms with Crippen LogP contribution in [0.15, 0.2) is 64.4 Å². The van der Waals surface area contributed by atoms with E-state index in [0.29, 0.717) is 0 Å². The lowest BCUT2D eigenvalue weighted by atomic mass is 10.2. The van der Waals surface area contributed by atoms with Gasteiger partial charge in [0, 0.05) is 27.8 Å². The molecule has 0 saturated heterocycles. The molecule has 106 valence electrons. The topological polar surface area (TPSA) is 37.8 Å². The van der Waals surface area contributed by atoms with Gasteiger partial charge in [-0.2, -0.15) is 0 Å². The summed E-state index contributed by atoms with van der Waals surface area (Å²) < 4.78 is 1.09. The van der Waals surface area contributed by atoms with E-state index in [-0.39, 0.29) is 0 Å². The maximum Gasteiger partial charge on any atom is 0.117 e. The SMILES string of the molecule is Brc1ccccc1NCCSc1ncnc2ccccc12. The van der Waals surface area contributed by atoms with Crippen LogP contribution in [0.1, 0.15) is 0 Å². The third-order valence-electron chi connectivity index (χ3n) is 3.04. The average Bonchev–Trinajstić information content (AvgIpc) is 2.53. The summed E-state index contributed by atoms with van der Waals surface area (Å²) in [6, 6.07) is 16.2. The highest BCUT2D eigenvalue weighted by Gasteiger charge is 2.03. The Bertz CT molecular complexity index is 743. The first-order valence-corrected chi connectivity index (χ1v) is 8.43. The highest BCUT2D eigenvalue weighted by atomic mass is 79.9. The second kappa shape index (κ2) is 6.91. The largest absolute Gasteiger partial charge is 0.383 e. The van der Waals surface area contributed by atoms with E-state index < -0.39 is 0 Å². The lowest BCUT2D eigenvalue weighted by molar-refractivity contribution is 1.10. The minimum Gasteiger partial charge on any atom is -0.383 e. The molecule has 2 aromatic carbocycles. The van der Waals surface area contributed by atoms with Gasteiger partial charge in [-0.15, -0.1) is 11.8 Å². The molecule has 1 aromatic heterocycles. The second-order valence-electron chi connectivity index (χ2n) is 4.45. The summed E-state index contributed by atoms with van der Waals surface area (Å²) >= 11 is 5.28. The number of thioether (sulfide) groups is 1. The minimum absolute atomic E-state index is 0.881. The third kappa shape index (κ3) is 3.54. The van der Waals surface area contributed by atoms with Crippen molar-refractivity contribution in [3.63, 3.8) is 0 Å². The molecule has 0 saturated carbocycles. The summed E-state index contributed by atoms with van der Waals surface area (Å²) in [5.41, 5.74) is 2.11. The van der Waals surface area contributed by atoms with Gasteiger partial charge >= 0.3 is 0 Å². The predicted molar refractivity (Wildman–Crippen MR) is 92.9 cm³/mol. The molecule has 0 atom stereocenters. The number of fused-ring (bicyclic) bond motifs is 1. The Morgan fingerprint density at radius 1 is 1.00 bits per heavy atom. The number of nitrogens with one attached hydrogen (secondary N) is 1. The summed E-state index contributed by atoms with van der Waals surface area (Å²) in [5.74, 6) is 0.947. The molecule has 3 aromatic rings. The van der Waals surface area contributed by atoms with Gasteiger partial charge in [0.2, 0.25) is 0 Å². The number of anilines is 1. The molecule has 0 aliphatic heterocycles. The van der Waals surface area contributed by atoms with Crippen molar-refractivity contribution in [1.82, 2.24) is 9.97 Å². The molecule has 3 rings (SSSR count). The standard InChI is InChI=1S/C16H14BrN3S/c17-13-6-2-4-8-15(13)18-9-10-21-16-12-5-1-3-7-14(12)19-11-20-16/h1-8,11,18H,9-10H2. The van der Waals surface area contributed by atoms with Crippen LogP contribution < -0.4 is 5.32 Å². The first kappa shape index (κ1) is 14.4. The number of rotatable bonds is 5. The van der Waals surface area contributed by atoms with Gasteiger partial charge in [0.25, 0.3) is 0 Å². The molecule has 0 bridgehead atoms. The first-order valence-electron chi connectivity index (χ1n) is 6.65. The van der Waals surface area contributed by atoms with Crippen molar-refractivity contribution < 1.29 is 0 Å². The van der Waals surface area contributed by atoms with E-state index in [1.165, 1.54) is 0 Å². The van der Waals surface area contributed by atoms with Crippen molar-refractivity contribution in [2.24, 2.45) is 0 Å². The number of halogens is 1. The Morgan fingerprint density at radius 3 is 2.71 bits per heavy atom. The van der Waals surface area contributed by atoms with Crippen molar-refractivity contribution in [2.75, 3.05) is 17.6 Å². The number of nitrogens with zero attached hydrogens (tertiary/aromatic N) is 2. The van der Waals surface area contributed by atoms with E-state index in [9.17, 15) is 0 Å². The quantitative estimate of drug-likeness (QED) is 0.410. The highest BCUT2D eigenvalue weighted by Crippen LogP contribution is 2.25. The fourth-order valence-electron chi connectivity index (χ4n) is 2.03. The van der Waals surface area contributed by atoms with Gasteiger partial charge in [0.05, 0.1) is 5.52 Å². The average molecular weight is 360 g/mol. The summed E-state index contributed by atoms with van der Waals surface area (Å²) in [6.07, 6.45) is 1.63. The molecule has 1 heterocycles. The number of benzene rings is 2. The van der Waals surface area contributed by atoms with Gasteiger partial charge in [-0.3, -0.25) is 0 Å². The van der Waals surface area contributed by atoms with E-state index in [1.54, 1.807) is 18.1 Å². The Labute approximate surface area is 136 Å². The zero-order valence-corrected chi connectivity index (χ0v) is 13.7. The van der Waals surface area contributed by atoms with Crippen molar-refractivity contribution in [2.45, 2.75) is 5.03 Å². The summed E-state index contributed by atoms with van der Waals surface area (Å²) in [6.45, 7) is 0.881. The zero-order valence-electron chi connectivity index (χ0n) is 11.3. The lowest BCUT2D eigenvalue weighted by Crippen LogP contribution is -2.04.